The number of amides is 1. The van der Waals surface area contributed by atoms with Crippen molar-refractivity contribution in [2.24, 2.45) is 0 Å². The lowest BCUT2D eigenvalue weighted by Crippen LogP contribution is -2.29. The highest BCUT2D eigenvalue weighted by Crippen LogP contribution is 2.45. The van der Waals surface area contributed by atoms with E-state index in [9.17, 15) is 19.8 Å². The summed E-state index contributed by atoms with van der Waals surface area (Å²) in [5.74, 6) is -1.00. The molecule has 1 atom stereocenters. The number of carbonyl (C=O) groups excluding carboxylic acids is 2. The second-order valence-electron chi connectivity index (χ2n) is 7.81. The van der Waals surface area contributed by atoms with Gasteiger partial charge in [0.15, 0.2) is 0 Å². The van der Waals surface area contributed by atoms with Gasteiger partial charge in [-0.05, 0) is 60.5 Å². The van der Waals surface area contributed by atoms with E-state index in [0.717, 1.165) is 6.42 Å². The zero-order chi connectivity index (χ0) is 24.2. The summed E-state index contributed by atoms with van der Waals surface area (Å²) in [6.45, 7) is 2.56. The Morgan fingerprint density at radius 3 is 2.38 bits per heavy atom. The first-order chi connectivity index (χ1) is 16.5. The summed E-state index contributed by atoms with van der Waals surface area (Å²) < 4.78 is 10.9. The van der Waals surface area contributed by atoms with Crippen LogP contribution in [0.1, 0.15) is 30.5 Å². The van der Waals surface area contributed by atoms with Crippen molar-refractivity contribution in [3.8, 4) is 17.2 Å². The van der Waals surface area contributed by atoms with Gasteiger partial charge in [-0.15, -0.1) is 0 Å². The van der Waals surface area contributed by atoms with Crippen molar-refractivity contribution >= 4 is 23.1 Å². The number of ketones is 1. The molecular weight excluding hydrogens is 434 g/mol. The quantitative estimate of drug-likeness (QED) is 0.299. The molecule has 0 aromatic heterocycles. The monoisotopic (exact) mass is 459 g/mol. The number of ether oxygens (including phenoxy) is 2. The molecule has 1 fully saturated rings. The third kappa shape index (κ3) is 4.20. The number of carbonyl (C=O) groups is 2. The fourth-order valence-electron chi connectivity index (χ4n) is 3.96. The number of aliphatic hydroxyl groups is 1. The highest BCUT2D eigenvalue weighted by molar-refractivity contribution is 6.51. The van der Waals surface area contributed by atoms with Crippen LogP contribution in [0.3, 0.4) is 0 Å². The lowest BCUT2D eigenvalue weighted by Gasteiger charge is -2.26. The van der Waals surface area contributed by atoms with E-state index in [1.807, 2.05) is 6.92 Å². The van der Waals surface area contributed by atoms with Gasteiger partial charge in [0.2, 0.25) is 0 Å². The number of aromatic hydroxyl groups is 1. The minimum absolute atomic E-state index is 0.0799. The summed E-state index contributed by atoms with van der Waals surface area (Å²) in [6, 6.07) is 18.9. The molecule has 0 spiro atoms. The number of methoxy groups -OCH3 is 1. The zero-order valence-electron chi connectivity index (χ0n) is 18.9. The van der Waals surface area contributed by atoms with Gasteiger partial charge in [0.05, 0.1) is 31.0 Å². The third-order valence-corrected chi connectivity index (χ3v) is 5.60. The van der Waals surface area contributed by atoms with Crippen LogP contribution < -0.4 is 14.4 Å². The van der Waals surface area contributed by atoms with Crippen molar-refractivity contribution in [1.29, 1.82) is 0 Å². The average molecular weight is 459 g/mol. The Morgan fingerprint density at radius 2 is 1.71 bits per heavy atom. The van der Waals surface area contributed by atoms with Gasteiger partial charge in [0.25, 0.3) is 11.7 Å². The van der Waals surface area contributed by atoms with Gasteiger partial charge < -0.3 is 19.7 Å². The lowest BCUT2D eigenvalue weighted by molar-refractivity contribution is -0.132. The van der Waals surface area contributed by atoms with Crippen LogP contribution in [-0.4, -0.2) is 35.6 Å². The normalized spacial score (nSPS) is 17.1. The van der Waals surface area contributed by atoms with Crippen LogP contribution >= 0.6 is 0 Å². The van der Waals surface area contributed by atoms with Crippen LogP contribution in [0.2, 0.25) is 0 Å². The number of hydrogen-bond acceptors (Lipinski definition) is 6. The minimum atomic E-state index is -0.973. The summed E-state index contributed by atoms with van der Waals surface area (Å²) >= 11 is 0. The molecule has 1 aliphatic heterocycles. The van der Waals surface area contributed by atoms with Crippen LogP contribution in [0.15, 0.2) is 78.4 Å². The van der Waals surface area contributed by atoms with Crippen LogP contribution in [0, 0.1) is 0 Å². The van der Waals surface area contributed by atoms with Gasteiger partial charge in [-0.1, -0.05) is 31.2 Å². The van der Waals surface area contributed by atoms with E-state index < -0.39 is 17.7 Å². The Morgan fingerprint density at radius 1 is 0.971 bits per heavy atom. The van der Waals surface area contributed by atoms with Crippen LogP contribution in [0.5, 0.6) is 17.2 Å². The van der Waals surface area contributed by atoms with Crippen LogP contribution in [-0.2, 0) is 9.59 Å². The number of aliphatic hydroxyl groups excluding tert-OH is 1. The highest BCUT2D eigenvalue weighted by Gasteiger charge is 2.47. The second kappa shape index (κ2) is 9.70. The van der Waals surface area contributed by atoms with Gasteiger partial charge in [-0.25, -0.2) is 0 Å². The molecule has 3 aromatic carbocycles. The predicted octanol–water partition coefficient (Wildman–Crippen LogP) is 4.82. The van der Waals surface area contributed by atoms with Crippen molar-refractivity contribution in [2.75, 3.05) is 18.6 Å². The van der Waals surface area contributed by atoms with Gasteiger partial charge in [-0.2, -0.15) is 0 Å². The van der Waals surface area contributed by atoms with Crippen LogP contribution in [0.25, 0.3) is 5.76 Å². The summed E-state index contributed by atoms with van der Waals surface area (Å²) in [4.78, 5) is 27.6. The Bertz CT molecular complexity index is 1250. The molecule has 4 rings (SSSR count). The second-order valence-corrected chi connectivity index (χ2v) is 7.81. The molecule has 34 heavy (non-hydrogen) atoms. The van der Waals surface area contributed by atoms with Crippen molar-refractivity contribution in [3.05, 3.63) is 89.5 Å². The van der Waals surface area contributed by atoms with Gasteiger partial charge >= 0.3 is 0 Å². The van der Waals surface area contributed by atoms with Crippen molar-refractivity contribution in [2.45, 2.75) is 19.4 Å². The van der Waals surface area contributed by atoms with Gasteiger partial charge in [0.1, 0.15) is 23.0 Å². The molecule has 1 amide bonds. The zero-order valence-corrected chi connectivity index (χ0v) is 18.9. The molecule has 1 unspecified atom stereocenters. The number of para-hydroxylation sites is 2. The molecule has 0 bridgehead atoms. The third-order valence-electron chi connectivity index (χ3n) is 5.60. The Labute approximate surface area is 197 Å². The number of rotatable bonds is 7. The molecule has 7 nitrogen and oxygen atoms in total. The van der Waals surface area contributed by atoms with E-state index in [0.29, 0.717) is 29.2 Å². The molecule has 3 aromatic rings. The fourth-order valence-corrected chi connectivity index (χ4v) is 3.96. The van der Waals surface area contributed by atoms with E-state index in [1.165, 1.54) is 18.1 Å². The number of nitrogens with zero attached hydrogens (tertiary/aromatic N) is 1. The Hall–Kier alpha value is -4.26. The summed E-state index contributed by atoms with van der Waals surface area (Å²) in [5.41, 5.74) is 1.00. The smallest absolute Gasteiger partial charge is 0.300 e. The SMILES string of the molecule is CCCOc1ccc(/C(O)=C2/C(=O)C(=O)N(c3ccccc3O)C2c2cccc(OC)c2)cc1. The van der Waals surface area contributed by atoms with E-state index in [-0.39, 0.29) is 22.8 Å². The summed E-state index contributed by atoms with van der Waals surface area (Å²) in [5, 5.41) is 21.7. The maximum atomic E-state index is 13.2. The van der Waals surface area contributed by atoms with E-state index in [4.69, 9.17) is 9.47 Å². The standard InChI is InChI=1S/C27H25NO6/c1-3-15-34-19-13-11-17(12-14-19)25(30)23-24(18-7-6-8-20(16-18)33-2)28(27(32)26(23)31)21-9-4-5-10-22(21)29/h4-14,16,24,29-30H,3,15H2,1-2H3/b25-23-. The topological polar surface area (TPSA) is 96.3 Å². The first-order valence-corrected chi connectivity index (χ1v) is 10.9. The first kappa shape index (κ1) is 22.9. The average Bonchev–Trinajstić information content (AvgIpc) is 3.13. The molecule has 2 N–H and O–H groups in total. The van der Waals surface area contributed by atoms with E-state index >= 15 is 0 Å². The number of Topliss-reactive ketones (excluding diaryl/α,β-unsaturated/α-hetero) is 1. The number of hydrogen-bond donors (Lipinski definition) is 2. The predicted molar refractivity (Wildman–Crippen MR) is 128 cm³/mol. The maximum absolute atomic E-state index is 13.2. The molecule has 1 aliphatic rings. The van der Waals surface area contributed by atoms with Crippen molar-refractivity contribution < 1.29 is 29.3 Å². The summed E-state index contributed by atoms with van der Waals surface area (Å²) in [6.07, 6.45) is 0.859. The molecular formula is C27H25NO6. The number of anilines is 1. The van der Waals surface area contributed by atoms with Gasteiger partial charge in [0, 0.05) is 5.56 Å². The number of phenols is 1. The van der Waals surface area contributed by atoms with E-state index in [1.54, 1.807) is 66.7 Å². The molecule has 1 saturated heterocycles. The maximum Gasteiger partial charge on any atom is 0.300 e. The fraction of sp³-hybridized carbons (Fsp3) is 0.185. The van der Waals surface area contributed by atoms with Crippen molar-refractivity contribution in [3.63, 3.8) is 0 Å². The molecule has 174 valence electrons. The molecule has 0 saturated carbocycles. The molecule has 0 aliphatic carbocycles. The first-order valence-electron chi connectivity index (χ1n) is 10.9. The van der Waals surface area contributed by atoms with E-state index in [2.05, 4.69) is 0 Å². The number of benzene rings is 3. The molecule has 1 heterocycles. The van der Waals surface area contributed by atoms with Crippen molar-refractivity contribution in [1.82, 2.24) is 0 Å². The molecule has 7 heteroatoms. The largest absolute Gasteiger partial charge is 0.507 e. The Kier molecular flexibility index (Phi) is 6.54. The number of phenolic OH excluding ortho intramolecular Hbond substituents is 1. The molecule has 0 radical (unpaired) electrons. The van der Waals surface area contributed by atoms with Crippen LogP contribution in [0.4, 0.5) is 5.69 Å². The highest BCUT2D eigenvalue weighted by atomic mass is 16.5. The summed E-state index contributed by atoms with van der Waals surface area (Å²) in [7, 11) is 1.52. The minimum Gasteiger partial charge on any atom is -0.507 e. The lowest BCUT2D eigenvalue weighted by atomic mass is 9.95. The Balaban J connectivity index is 1.88. The van der Waals surface area contributed by atoms with Gasteiger partial charge in [-0.3, -0.25) is 14.5 Å².